The van der Waals surface area contributed by atoms with Crippen LogP contribution in [0.25, 0.3) is 0 Å². The van der Waals surface area contributed by atoms with Gasteiger partial charge in [0.2, 0.25) is 0 Å². The number of rotatable bonds is 1. The Morgan fingerprint density at radius 3 is 2.40 bits per heavy atom. The highest BCUT2D eigenvalue weighted by molar-refractivity contribution is 5.78. The van der Waals surface area contributed by atoms with Crippen molar-refractivity contribution >= 4 is 11.7 Å². The van der Waals surface area contributed by atoms with Gasteiger partial charge < -0.3 is 5.73 Å². The first kappa shape index (κ1) is 11.4. The van der Waals surface area contributed by atoms with E-state index in [0.717, 1.165) is 0 Å². The quantitative estimate of drug-likeness (QED) is 0.705. The van der Waals surface area contributed by atoms with E-state index in [1.54, 1.807) is 18.2 Å². The number of para-hydroxylation sites is 1. The van der Waals surface area contributed by atoms with Gasteiger partial charge in [-0.05, 0) is 12.1 Å². The second kappa shape index (κ2) is 5.24. The maximum Gasteiger partial charge on any atom is 0.368 e. The van der Waals surface area contributed by atoms with Crippen LogP contribution in [0.15, 0.2) is 28.2 Å². The first-order valence-corrected chi connectivity index (χ1v) is 5.05. The number of unbranched alkanes of at least 4 members (excludes halogenated alkanes) is 1. The Morgan fingerprint density at radius 1 is 1.20 bits per heavy atom. The second-order valence-corrected chi connectivity index (χ2v) is 3.22. The fraction of sp³-hybridized carbons (Fsp3) is 0.364. The van der Waals surface area contributed by atoms with Gasteiger partial charge >= 0.3 is 6.03 Å². The number of carbonyl (C=O) groups is 1. The number of nitrogens with two attached hydrogens (primary N) is 1. The Hall–Kier alpha value is -1.71. The first-order valence-electron chi connectivity index (χ1n) is 5.05. The van der Waals surface area contributed by atoms with Crippen molar-refractivity contribution in [1.82, 2.24) is 0 Å². The zero-order chi connectivity index (χ0) is 11.3. The molecule has 4 heteroatoms. The van der Waals surface area contributed by atoms with Crippen molar-refractivity contribution in [3.63, 3.8) is 0 Å². The van der Waals surface area contributed by atoms with Crippen LogP contribution in [0.4, 0.5) is 10.5 Å². The van der Waals surface area contributed by atoms with Crippen LogP contribution < -0.4 is 16.4 Å². The number of amides is 2. The first-order chi connectivity index (χ1) is 7.19. The predicted molar refractivity (Wildman–Crippen MR) is 59.1 cm³/mol. The molecule has 0 bridgehead atoms. The van der Waals surface area contributed by atoms with Crippen molar-refractivity contribution in [1.29, 1.82) is 0 Å². The molecule has 0 saturated carbocycles. The normalized spacial score (nSPS) is 12.0. The molecule has 1 aliphatic heterocycles. The van der Waals surface area contributed by atoms with E-state index in [4.69, 9.17) is 5.73 Å². The summed E-state index contributed by atoms with van der Waals surface area (Å²) in [6.07, 6.45) is 2.64. The van der Waals surface area contributed by atoms with Gasteiger partial charge in [0.15, 0.2) is 0 Å². The van der Waals surface area contributed by atoms with E-state index in [-0.39, 0.29) is 0 Å². The van der Waals surface area contributed by atoms with Crippen molar-refractivity contribution in [2.45, 2.75) is 26.7 Å². The van der Waals surface area contributed by atoms with Crippen LogP contribution in [0, 0.1) is 0 Å². The molecule has 1 heterocycles. The second-order valence-electron chi connectivity index (χ2n) is 3.22. The van der Waals surface area contributed by atoms with Crippen molar-refractivity contribution in [3.05, 3.63) is 28.9 Å². The fourth-order valence-corrected chi connectivity index (χ4v) is 0.984. The molecular weight excluding hydrogens is 190 g/mol. The van der Waals surface area contributed by atoms with Gasteiger partial charge in [0.25, 0.3) is 0 Å². The summed E-state index contributed by atoms with van der Waals surface area (Å²) in [6, 6.07) is 4.67. The molecule has 1 aromatic rings. The van der Waals surface area contributed by atoms with Gasteiger partial charge in [-0.3, -0.25) is 0 Å². The summed E-state index contributed by atoms with van der Waals surface area (Å²) in [5, 5.41) is 1.06. The highest BCUT2D eigenvalue weighted by Gasteiger charge is 2.05. The number of fused-ring (bicyclic) bond motifs is 1. The molecule has 15 heavy (non-hydrogen) atoms. The van der Waals surface area contributed by atoms with Crippen LogP contribution in [-0.4, -0.2) is 6.03 Å². The molecule has 0 spiro atoms. The molecule has 4 nitrogen and oxygen atoms in total. The van der Waals surface area contributed by atoms with Crippen LogP contribution in [0.2, 0.25) is 0 Å². The lowest BCUT2D eigenvalue weighted by molar-refractivity contribution is 0.256. The van der Waals surface area contributed by atoms with Gasteiger partial charge in [0.05, 0.1) is 11.0 Å². The zero-order valence-corrected chi connectivity index (χ0v) is 9.03. The van der Waals surface area contributed by atoms with Crippen molar-refractivity contribution in [2.75, 3.05) is 5.73 Å². The zero-order valence-electron chi connectivity index (χ0n) is 9.03. The maximum atomic E-state index is 10.7. The largest absolute Gasteiger partial charge is 0.397 e. The molecule has 0 atom stereocenters. The molecule has 2 N–H and O–H groups in total. The summed E-state index contributed by atoms with van der Waals surface area (Å²) >= 11 is 0. The monoisotopic (exact) mass is 205 g/mol. The van der Waals surface area contributed by atoms with Crippen LogP contribution in [-0.2, 0) is 0 Å². The van der Waals surface area contributed by atoms with E-state index < -0.39 is 6.03 Å². The summed E-state index contributed by atoms with van der Waals surface area (Å²) in [5.74, 6) is 0. The smallest absolute Gasteiger partial charge is 0.368 e. The standard InChI is InChI=1S/C7H5N3O.C4H10/c8-4-2-1-3-5-6(4)10-7(11)9-5;1-3-4-2/h1-3H,8H2;3-4H2,1-2H3. The number of nitrogens with zero attached hydrogens (tertiary/aromatic N) is 2. The van der Waals surface area contributed by atoms with Crippen molar-refractivity contribution < 1.29 is 4.79 Å². The predicted octanol–water partition coefficient (Wildman–Crippen LogP) is 1.45. The highest BCUT2D eigenvalue weighted by atomic mass is 16.2. The maximum absolute atomic E-state index is 10.7. The highest BCUT2D eigenvalue weighted by Crippen LogP contribution is 1.91. The molecule has 0 aliphatic carbocycles. The minimum Gasteiger partial charge on any atom is -0.397 e. The fourth-order valence-electron chi connectivity index (χ4n) is 0.984. The molecule has 80 valence electrons. The molecule has 1 aromatic carbocycles. The molecule has 2 amide bonds. The van der Waals surface area contributed by atoms with Crippen LogP contribution in [0.5, 0.6) is 0 Å². The van der Waals surface area contributed by atoms with Gasteiger partial charge in [0.1, 0.15) is 5.36 Å². The lowest BCUT2D eigenvalue weighted by atomic mass is 10.3. The third kappa shape index (κ3) is 2.87. The Balaban J connectivity index is 0.000000245. The summed E-state index contributed by atoms with van der Waals surface area (Å²) < 4.78 is 0. The van der Waals surface area contributed by atoms with E-state index in [1.807, 2.05) is 0 Å². The van der Waals surface area contributed by atoms with Crippen LogP contribution in [0.3, 0.4) is 0 Å². The number of hydrogen-bond acceptors (Lipinski definition) is 2. The Kier molecular flexibility index (Phi) is 3.97. The lowest BCUT2D eigenvalue weighted by Crippen LogP contribution is -2.24. The number of urea groups is 1. The number of carbonyl (C=O) groups excluding carboxylic acids is 1. The van der Waals surface area contributed by atoms with Crippen molar-refractivity contribution in [2.24, 2.45) is 9.98 Å². The minimum absolute atomic E-state index is 0.474. The number of anilines is 1. The van der Waals surface area contributed by atoms with E-state index in [1.165, 1.54) is 12.8 Å². The van der Waals surface area contributed by atoms with Gasteiger partial charge in [-0.1, -0.05) is 32.8 Å². The molecule has 0 saturated heterocycles. The third-order valence-electron chi connectivity index (χ3n) is 1.97. The van der Waals surface area contributed by atoms with Gasteiger partial charge in [0, 0.05) is 0 Å². The summed E-state index contributed by atoms with van der Waals surface area (Å²) in [5.41, 5.74) is 6.03. The number of hydrogen-bond donors (Lipinski definition) is 1. The SMILES string of the molecule is CCCC.Nc1cccc2c1=NC(=O)N=2. The van der Waals surface area contributed by atoms with Gasteiger partial charge in [-0.25, -0.2) is 4.79 Å². The molecular formula is C11H15N3O. The molecule has 2 rings (SSSR count). The summed E-state index contributed by atoms with van der Waals surface area (Å²) in [6.45, 7) is 4.36. The molecule has 0 fully saturated rings. The van der Waals surface area contributed by atoms with E-state index in [2.05, 4.69) is 23.8 Å². The van der Waals surface area contributed by atoms with Crippen LogP contribution >= 0.6 is 0 Å². The average Bonchev–Trinajstić information content (AvgIpc) is 2.61. The van der Waals surface area contributed by atoms with E-state index in [9.17, 15) is 4.79 Å². The topological polar surface area (TPSA) is 67.8 Å². The molecule has 0 aromatic heterocycles. The summed E-state index contributed by atoms with van der Waals surface area (Å²) in [7, 11) is 0. The number of nitrogen functional groups attached to an aromatic ring is 1. The molecule has 0 radical (unpaired) electrons. The average molecular weight is 205 g/mol. The molecule has 1 aliphatic rings. The Labute approximate surface area is 88.5 Å². The Bertz CT molecular complexity index is 463. The lowest BCUT2D eigenvalue weighted by Gasteiger charge is -1.86. The summed E-state index contributed by atoms with van der Waals surface area (Å²) in [4.78, 5) is 17.9. The van der Waals surface area contributed by atoms with Crippen molar-refractivity contribution in [3.8, 4) is 0 Å². The van der Waals surface area contributed by atoms with E-state index >= 15 is 0 Å². The van der Waals surface area contributed by atoms with E-state index in [0.29, 0.717) is 16.4 Å². The molecule has 0 unspecified atom stereocenters. The van der Waals surface area contributed by atoms with Crippen LogP contribution in [0.1, 0.15) is 26.7 Å². The minimum atomic E-state index is -0.474. The van der Waals surface area contributed by atoms with Gasteiger partial charge in [-0.2, -0.15) is 9.98 Å². The number of benzene rings is 1. The van der Waals surface area contributed by atoms with Gasteiger partial charge in [-0.15, -0.1) is 0 Å². The Morgan fingerprint density at radius 2 is 1.87 bits per heavy atom. The third-order valence-corrected chi connectivity index (χ3v) is 1.97.